The lowest BCUT2D eigenvalue weighted by Crippen LogP contribution is -2.34. The van der Waals surface area contributed by atoms with Crippen LogP contribution in [0.3, 0.4) is 0 Å². The fourth-order valence-electron chi connectivity index (χ4n) is 4.08. The maximum atomic E-state index is 10.9. The summed E-state index contributed by atoms with van der Waals surface area (Å²) in [5.74, 6) is 0.516. The molecule has 2 fully saturated rings. The van der Waals surface area contributed by atoms with Crippen molar-refractivity contribution in [3.63, 3.8) is 0 Å². The van der Waals surface area contributed by atoms with Crippen LogP contribution in [0.15, 0.2) is 47.1 Å². The second-order valence-corrected chi connectivity index (χ2v) is 6.87. The highest BCUT2D eigenvalue weighted by atomic mass is 16.4. The van der Waals surface area contributed by atoms with Gasteiger partial charge in [-0.25, -0.2) is 4.79 Å². The molecule has 5 nitrogen and oxygen atoms in total. The number of carboxylic acids is 1. The van der Waals surface area contributed by atoms with Gasteiger partial charge in [-0.3, -0.25) is 9.80 Å². The first-order valence-electron chi connectivity index (χ1n) is 8.50. The molecule has 5 heteroatoms. The number of likely N-dealkylation sites (tertiary alicyclic amines) is 2. The Kier molecular flexibility index (Phi) is 4.12. The molecule has 2 saturated heterocycles. The molecular weight excluding hydrogens is 304 g/mol. The van der Waals surface area contributed by atoms with Gasteiger partial charge in [0.15, 0.2) is 0 Å². The van der Waals surface area contributed by atoms with Crippen LogP contribution >= 0.6 is 0 Å². The Morgan fingerprint density at radius 2 is 2.04 bits per heavy atom. The van der Waals surface area contributed by atoms with Gasteiger partial charge >= 0.3 is 5.97 Å². The number of carboxylic acid groups (broad SMARTS) is 1. The van der Waals surface area contributed by atoms with Crippen LogP contribution < -0.4 is 0 Å². The van der Waals surface area contributed by atoms with Gasteiger partial charge in [-0.2, -0.15) is 0 Å². The molecule has 0 amide bonds. The van der Waals surface area contributed by atoms with Crippen LogP contribution in [0.1, 0.15) is 28.1 Å². The molecule has 3 heterocycles. The number of hydrogen-bond acceptors (Lipinski definition) is 4. The Balaban J connectivity index is 1.37. The van der Waals surface area contributed by atoms with E-state index in [1.54, 1.807) is 6.07 Å². The van der Waals surface area contributed by atoms with Gasteiger partial charge in [-0.1, -0.05) is 30.3 Å². The predicted molar refractivity (Wildman–Crippen MR) is 89.7 cm³/mol. The Bertz CT molecular complexity index is 712. The minimum Gasteiger partial charge on any atom is -0.478 e. The first-order valence-corrected chi connectivity index (χ1v) is 8.50. The first kappa shape index (κ1) is 15.4. The zero-order valence-electron chi connectivity index (χ0n) is 13.6. The molecule has 0 radical (unpaired) electrons. The lowest BCUT2D eigenvalue weighted by molar-refractivity contribution is 0.0696. The highest BCUT2D eigenvalue weighted by Gasteiger charge is 2.41. The fourth-order valence-corrected chi connectivity index (χ4v) is 4.08. The van der Waals surface area contributed by atoms with E-state index < -0.39 is 5.97 Å². The lowest BCUT2D eigenvalue weighted by atomic mass is 10.0. The monoisotopic (exact) mass is 326 g/mol. The van der Waals surface area contributed by atoms with Crippen LogP contribution in [0.2, 0.25) is 0 Å². The van der Waals surface area contributed by atoms with Crippen molar-refractivity contribution < 1.29 is 14.3 Å². The Morgan fingerprint density at radius 3 is 2.79 bits per heavy atom. The maximum Gasteiger partial charge on any atom is 0.338 e. The Morgan fingerprint density at radius 1 is 1.21 bits per heavy atom. The van der Waals surface area contributed by atoms with Crippen molar-refractivity contribution in [2.45, 2.75) is 25.6 Å². The molecule has 1 N–H and O–H groups in total. The zero-order valence-corrected chi connectivity index (χ0v) is 13.6. The normalized spacial score (nSPS) is 24.3. The van der Waals surface area contributed by atoms with E-state index in [2.05, 4.69) is 40.1 Å². The molecule has 1 aromatic carbocycles. The van der Waals surface area contributed by atoms with Gasteiger partial charge in [0.25, 0.3) is 0 Å². The Labute approximate surface area is 141 Å². The van der Waals surface area contributed by atoms with Crippen molar-refractivity contribution in [1.29, 1.82) is 0 Å². The van der Waals surface area contributed by atoms with Crippen LogP contribution in [0.5, 0.6) is 0 Å². The minimum absolute atomic E-state index is 0.232. The molecule has 0 unspecified atom stereocenters. The molecule has 4 rings (SSSR count). The number of carbonyl (C=O) groups is 1. The van der Waals surface area contributed by atoms with Crippen molar-refractivity contribution in [3.05, 3.63) is 59.5 Å². The third-order valence-corrected chi connectivity index (χ3v) is 5.25. The van der Waals surface area contributed by atoms with E-state index >= 15 is 0 Å². The quantitative estimate of drug-likeness (QED) is 0.915. The van der Waals surface area contributed by atoms with E-state index in [1.165, 1.54) is 24.8 Å². The predicted octanol–water partition coefficient (Wildman–Crippen LogP) is 2.68. The van der Waals surface area contributed by atoms with Crippen LogP contribution in [0, 0.1) is 5.92 Å². The summed E-state index contributed by atoms with van der Waals surface area (Å²) in [7, 11) is 0. The highest BCUT2D eigenvalue weighted by molar-refractivity contribution is 5.87. The van der Waals surface area contributed by atoms with Gasteiger partial charge < -0.3 is 9.52 Å². The van der Waals surface area contributed by atoms with Gasteiger partial charge in [0.05, 0.1) is 12.1 Å². The summed E-state index contributed by atoms with van der Waals surface area (Å²) >= 11 is 0. The van der Waals surface area contributed by atoms with Gasteiger partial charge in [0.2, 0.25) is 0 Å². The molecule has 0 aliphatic carbocycles. The summed E-state index contributed by atoms with van der Waals surface area (Å²) in [6.45, 7) is 4.97. The molecule has 1 aromatic heterocycles. The largest absolute Gasteiger partial charge is 0.478 e. The topological polar surface area (TPSA) is 56.9 Å². The summed E-state index contributed by atoms with van der Waals surface area (Å²) in [6, 6.07) is 12.9. The number of benzene rings is 1. The van der Waals surface area contributed by atoms with Crippen LogP contribution in [-0.2, 0) is 13.1 Å². The SMILES string of the molecule is O=C(O)c1coc(CN2C[C@@H]3CCN(Cc4ccccc4)[C@@H]3C2)c1. The number of rotatable bonds is 5. The van der Waals surface area contributed by atoms with E-state index in [0.29, 0.717) is 18.5 Å². The van der Waals surface area contributed by atoms with E-state index in [0.717, 1.165) is 25.4 Å². The standard InChI is InChI=1S/C19H22N2O3/c22-19(23)16-8-17(24-13-16)11-20-10-15-6-7-21(18(15)12-20)9-14-4-2-1-3-5-14/h1-5,8,13,15,18H,6-7,9-12H2,(H,22,23)/t15-,18+/m0/s1. The average molecular weight is 326 g/mol. The fraction of sp³-hybridized carbons (Fsp3) is 0.421. The molecular formula is C19H22N2O3. The number of fused-ring (bicyclic) bond motifs is 1. The molecule has 126 valence electrons. The third kappa shape index (κ3) is 3.09. The van der Waals surface area contributed by atoms with Crippen molar-refractivity contribution in [2.75, 3.05) is 19.6 Å². The van der Waals surface area contributed by atoms with Crippen molar-refractivity contribution >= 4 is 5.97 Å². The number of hydrogen-bond donors (Lipinski definition) is 1. The second kappa shape index (κ2) is 6.42. The second-order valence-electron chi connectivity index (χ2n) is 6.87. The van der Waals surface area contributed by atoms with Gasteiger partial charge in [0, 0.05) is 25.7 Å². The Hall–Kier alpha value is -2.11. The molecule has 0 bridgehead atoms. The number of nitrogens with zero attached hydrogens (tertiary/aromatic N) is 2. The van der Waals surface area contributed by atoms with E-state index in [1.807, 2.05) is 0 Å². The molecule has 0 saturated carbocycles. The number of furan rings is 1. The van der Waals surface area contributed by atoms with Crippen LogP contribution in [0.4, 0.5) is 0 Å². The summed E-state index contributed by atoms with van der Waals surface area (Å²) < 4.78 is 5.40. The summed E-state index contributed by atoms with van der Waals surface area (Å²) in [4.78, 5) is 15.9. The zero-order chi connectivity index (χ0) is 16.5. The summed E-state index contributed by atoms with van der Waals surface area (Å²) in [5, 5.41) is 8.98. The maximum absolute atomic E-state index is 10.9. The summed E-state index contributed by atoms with van der Waals surface area (Å²) in [5.41, 5.74) is 1.60. The first-order chi connectivity index (χ1) is 11.7. The van der Waals surface area contributed by atoms with Gasteiger partial charge in [-0.15, -0.1) is 0 Å². The smallest absolute Gasteiger partial charge is 0.338 e. The van der Waals surface area contributed by atoms with Crippen molar-refractivity contribution in [1.82, 2.24) is 9.80 Å². The van der Waals surface area contributed by atoms with Crippen LogP contribution in [0.25, 0.3) is 0 Å². The molecule has 2 atom stereocenters. The number of aromatic carboxylic acids is 1. The van der Waals surface area contributed by atoms with E-state index in [9.17, 15) is 4.79 Å². The molecule has 2 aliphatic rings. The van der Waals surface area contributed by atoms with E-state index in [4.69, 9.17) is 9.52 Å². The summed E-state index contributed by atoms with van der Waals surface area (Å²) in [6.07, 6.45) is 2.57. The van der Waals surface area contributed by atoms with Crippen molar-refractivity contribution in [2.24, 2.45) is 5.92 Å². The van der Waals surface area contributed by atoms with Crippen molar-refractivity contribution in [3.8, 4) is 0 Å². The molecule has 24 heavy (non-hydrogen) atoms. The van der Waals surface area contributed by atoms with Gasteiger partial charge in [-0.05, 0) is 30.5 Å². The van der Waals surface area contributed by atoms with Crippen LogP contribution in [-0.4, -0.2) is 46.6 Å². The molecule has 2 aromatic rings. The molecule has 0 spiro atoms. The highest BCUT2D eigenvalue weighted by Crippen LogP contribution is 2.33. The third-order valence-electron chi connectivity index (χ3n) is 5.25. The minimum atomic E-state index is -0.933. The van der Waals surface area contributed by atoms with Gasteiger partial charge in [0.1, 0.15) is 12.0 Å². The average Bonchev–Trinajstić information content (AvgIpc) is 3.27. The lowest BCUT2D eigenvalue weighted by Gasteiger charge is -2.24. The molecule has 2 aliphatic heterocycles. The van der Waals surface area contributed by atoms with E-state index in [-0.39, 0.29) is 5.56 Å².